The number of nitrogens with zero attached hydrogens (tertiary/aromatic N) is 3. The van der Waals surface area contributed by atoms with Gasteiger partial charge in [-0.3, -0.25) is 19.3 Å². The standard InChI is InChI=1S/C21H30N4O5S/c1-4-24(5-2)31(29,30)17-6-7-18-16(12-17)13-19(25(18)14(3)26)21(28)23-10-8-15(9-11-23)20(22)27/h6-7,12,15,19H,4-5,8-11,13H2,1-3H3,(H2,22,27). The summed E-state index contributed by atoms with van der Waals surface area (Å²) in [4.78, 5) is 40.3. The molecule has 1 unspecified atom stereocenters. The van der Waals surface area contributed by atoms with Crippen molar-refractivity contribution in [1.82, 2.24) is 9.21 Å². The third-order valence-corrected chi connectivity index (χ3v) is 8.26. The Morgan fingerprint density at radius 2 is 1.74 bits per heavy atom. The van der Waals surface area contributed by atoms with E-state index >= 15 is 0 Å². The molecule has 170 valence electrons. The van der Waals surface area contributed by atoms with Gasteiger partial charge in [-0.1, -0.05) is 13.8 Å². The lowest BCUT2D eigenvalue weighted by molar-refractivity contribution is -0.137. The van der Waals surface area contributed by atoms with Gasteiger partial charge in [-0.2, -0.15) is 4.31 Å². The molecular weight excluding hydrogens is 420 g/mol. The highest BCUT2D eigenvalue weighted by Crippen LogP contribution is 2.36. The molecule has 31 heavy (non-hydrogen) atoms. The first-order chi connectivity index (χ1) is 14.6. The van der Waals surface area contributed by atoms with Crippen molar-refractivity contribution in [3.05, 3.63) is 23.8 Å². The summed E-state index contributed by atoms with van der Waals surface area (Å²) in [7, 11) is -3.64. The number of benzene rings is 1. The van der Waals surface area contributed by atoms with E-state index in [0.29, 0.717) is 50.3 Å². The third kappa shape index (κ3) is 4.31. The van der Waals surface area contributed by atoms with Gasteiger partial charge in [-0.05, 0) is 36.6 Å². The van der Waals surface area contributed by atoms with E-state index in [1.165, 1.54) is 22.2 Å². The zero-order valence-electron chi connectivity index (χ0n) is 18.2. The summed E-state index contributed by atoms with van der Waals surface area (Å²) in [6, 6.07) is 3.96. The molecule has 0 spiro atoms. The number of rotatable bonds is 6. The summed E-state index contributed by atoms with van der Waals surface area (Å²) in [6.45, 7) is 6.49. The van der Waals surface area contributed by atoms with E-state index in [1.807, 2.05) is 0 Å². The first-order valence-corrected chi connectivity index (χ1v) is 12.1. The minimum Gasteiger partial charge on any atom is -0.369 e. The number of piperidine rings is 1. The van der Waals surface area contributed by atoms with Crippen LogP contribution in [0.5, 0.6) is 0 Å². The minimum atomic E-state index is -3.64. The molecule has 2 aliphatic rings. The molecule has 9 nitrogen and oxygen atoms in total. The quantitative estimate of drug-likeness (QED) is 0.684. The highest BCUT2D eigenvalue weighted by atomic mass is 32.2. The number of amides is 3. The molecule has 0 saturated carbocycles. The smallest absolute Gasteiger partial charge is 0.246 e. The summed E-state index contributed by atoms with van der Waals surface area (Å²) in [5.74, 6) is -1.06. The molecule has 0 bridgehead atoms. The van der Waals surface area contributed by atoms with Crippen molar-refractivity contribution in [3.63, 3.8) is 0 Å². The summed E-state index contributed by atoms with van der Waals surface area (Å²) < 4.78 is 27.2. The maximum atomic E-state index is 13.2. The topological polar surface area (TPSA) is 121 Å². The van der Waals surface area contributed by atoms with Gasteiger partial charge in [0.1, 0.15) is 6.04 Å². The van der Waals surface area contributed by atoms with Crippen molar-refractivity contribution in [2.75, 3.05) is 31.1 Å². The van der Waals surface area contributed by atoms with Crippen molar-refractivity contribution in [2.45, 2.75) is 51.0 Å². The fourth-order valence-electron chi connectivity index (χ4n) is 4.48. The van der Waals surface area contributed by atoms with Gasteiger partial charge in [0.05, 0.1) is 4.90 Å². The Morgan fingerprint density at radius 1 is 1.13 bits per heavy atom. The Kier molecular flexibility index (Phi) is 6.70. The molecule has 2 N–H and O–H groups in total. The molecule has 1 aromatic carbocycles. The van der Waals surface area contributed by atoms with Crippen molar-refractivity contribution < 1.29 is 22.8 Å². The molecule has 0 aliphatic carbocycles. The number of sulfonamides is 1. The molecule has 1 fully saturated rings. The fourth-order valence-corrected chi connectivity index (χ4v) is 5.99. The molecule has 3 rings (SSSR count). The Morgan fingerprint density at radius 3 is 2.26 bits per heavy atom. The zero-order chi connectivity index (χ0) is 22.9. The Bertz CT molecular complexity index is 981. The van der Waals surface area contributed by atoms with Crippen LogP contribution in [-0.2, 0) is 30.8 Å². The van der Waals surface area contributed by atoms with E-state index in [4.69, 9.17) is 5.73 Å². The largest absolute Gasteiger partial charge is 0.369 e. The highest BCUT2D eigenvalue weighted by molar-refractivity contribution is 7.89. The summed E-state index contributed by atoms with van der Waals surface area (Å²) in [6.07, 6.45) is 1.27. The van der Waals surface area contributed by atoms with Crippen molar-refractivity contribution in [2.24, 2.45) is 11.7 Å². The maximum Gasteiger partial charge on any atom is 0.246 e. The average Bonchev–Trinajstić information content (AvgIpc) is 3.13. The Labute approximate surface area is 183 Å². The molecule has 2 aliphatic heterocycles. The van der Waals surface area contributed by atoms with E-state index in [-0.39, 0.29) is 35.0 Å². The SMILES string of the molecule is CCN(CC)S(=O)(=O)c1ccc2c(c1)CC(C(=O)N1CCC(C(N)=O)CC1)N2C(C)=O. The van der Waals surface area contributed by atoms with Crippen LogP contribution in [0.4, 0.5) is 5.69 Å². The summed E-state index contributed by atoms with van der Waals surface area (Å²) in [5.41, 5.74) is 6.60. The van der Waals surface area contributed by atoms with Gasteiger partial charge in [0, 0.05) is 51.1 Å². The normalized spacial score (nSPS) is 19.5. The van der Waals surface area contributed by atoms with Crippen LogP contribution in [-0.4, -0.2) is 67.6 Å². The molecule has 1 saturated heterocycles. The average molecular weight is 451 g/mol. The molecule has 3 amide bonds. The van der Waals surface area contributed by atoms with E-state index < -0.39 is 16.1 Å². The van der Waals surface area contributed by atoms with Crippen molar-refractivity contribution >= 4 is 33.4 Å². The van der Waals surface area contributed by atoms with Crippen LogP contribution in [0.3, 0.4) is 0 Å². The van der Waals surface area contributed by atoms with Gasteiger partial charge in [0.15, 0.2) is 0 Å². The number of nitrogens with two attached hydrogens (primary N) is 1. The number of hydrogen-bond donors (Lipinski definition) is 1. The second kappa shape index (κ2) is 8.96. The first-order valence-electron chi connectivity index (χ1n) is 10.6. The van der Waals surface area contributed by atoms with E-state index in [1.54, 1.807) is 30.9 Å². The molecule has 1 aromatic rings. The van der Waals surface area contributed by atoms with Gasteiger partial charge in [-0.25, -0.2) is 8.42 Å². The van der Waals surface area contributed by atoms with Crippen LogP contribution in [0.1, 0.15) is 39.2 Å². The Balaban J connectivity index is 1.86. The maximum absolute atomic E-state index is 13.2. The van der Waals surface area contributed by atoms with Gasteiger partial charge in [0.25, 0.3) is 0 Å². The van der Waals surface area contributed by atoms with Gasteiger partial charge in [-0.15, -0.1) is 0 Å². The number of fused-ring (bicyclic) bond motifs is 1. The van der Waals surface area contributed by atoms with Crippen molar-refractivity contribution in [3.8, 4) is 0 Å². The number of anilines is 1. The highest BCUT2D eigenvalue weighted by Gasteiger charge is 2.40. The lowest BCUT2D eigenvalue weighted by atomic mass is 9.95. The monoisotopic (exact) mass is 450 g/mol. The number of hydrogen-bond acceptors (Lipinski definition) is 5. The number of carbonyl (C=O) groups is 3. The molecule has 10 heteroatoms. The summed E-state index contributed by atoms with van der Waals surface area (Å²) in [5, 5.41) is 0. The number of primary amides is 1. The minimum absolute atomic E-state index is 0.161. The van der Waals surface area contributed by atoms with Crippen LogP contribution in [0.15, 0.2) is 23.1 Å². The fraction of sp³-hybridized carbons (Fsp3) is 0.571. The first kappa shape index (κ1) is 23.2. The van der Waals surface area contributed by atoms with Gasteiger partial charge in [0.2, 0.25) is 27.7 Å². The van der Waals surface area contributed by atoms with Crippen LogP contribution in [0.25, 0.3) is 0 Å². The molecular formula is C21H30N4O5S. The second-order valence-electron chi connectivity index (χ2n) is 7.99. The van der Waals surface area contributed by atoms with Crippen LogP contribution >= 0.6 is 0 Å². The van der Waals surface area contributed by atoms with Gasteiger partial charge >= 0.3 is 0 Å². The molecule has 1 atom stereocenters. The van der Waals surface area contributed by atoms with E-state index in [2.05, 4.69) is 0 Å². The number of carbonyl (C=O) groups excluding carboxylic acids is 3. The predicted molar refractivity (Wildman–Crippen MR) is 116 cm³/mol. The molecule has 0 radical (unpaired) electrons. The van der Waals surface area contributed by atoms with Crippen molar-refractivity contribution in [1.29, 1.82) is 0 Å². The summed E-state index contributed by atoms with van der Waals surface area (Å²) >= 11 is 0. The second-order valence-corrected chi connectivity index (χ2v) is 9.93. The molecule has 0 aromatic heterocycles. The molecule has 2 heterocycles. The zero-order valence-corrected chi connectivity index (χ0v) is 19.0. The predicted octanol–water partition coefficient (Wildman–Crippen LogP) is 0.719. The van der Waals surface area contributed by atoms with Crippen LogP contribution in [0, 0.1) is 5.92 Å². The lowest BCUT2D eigenvalue weighted by Crippen LogP contribution is -2.51. The van der Waals surface area contributed by atoms with Gasteiger partial charge < -0.3 is 10.6 Å². The van der Waals surface area contributed by atoms with Crippen LogP contribution in [0.2, 0.25) is 0 Å². The number of likely N-dealkylation sites (tertiary alicyclic amines) is 1. The van der Waals surface area contributed by atoms with E-state index in [0.717, 1.165) is 0 Å². The third-order valence-electron chi connectivity index (χ3n) is 6.21. The van der Waals surface area contributed by atoms with E-state index in [9.17, 15) is 22.8 Å². The Hall–Kier alpha value is -2.46. The lowest BCUT2D eigenvalue weighted by Gasteiger charge is -2.34. The van der Waals surface area contributed by atoms with Crippen LogP contribution < -0.4 is 10.6 Å².